The van der Waals surface area contributed by atoms with Crippen LogP contribution in [0.25, 0.3) is 0 Å². The second-order valence-electron chi connectivity index (χ2n) is 8.38. The fourth-order valence-electron chi connectivity index (χ4n) is 4.56. The van der Waals surface area contributed by atoms with Gasteiger partial charge in [-0.05, 0) is 31.7 Å². The number of aliphatic hydroxyl groups is 1. The number of alkyl halides is 3. The molecule has 0 aromatic heterocycles. The van der Waals surface area contributed by atoms with Crippen LogP contribution in [0.15, 0.2) is 41.5 Å². The molecular weight excluding hydrogens is 445 g/mol. The third-order valence-electron chi connectivity index (χ3n) is 6.20. The first-order chi connectivity index (χ1) is 15.5. The van der Waals surface area contributed by atoms with E-state index in [4.69, 9.17) is 5.73 Å². The molecule has 11 heteroatoms. The van der Waals surface area contributed by atoms with Crippen LogP contribution in [-0.2, 0) is 9.53 Å². The van der Waals surface area contributed by atoms with Crippen LogP contribution in [0.2, 0.25) is 0 Å². The molecule has 0 radical (unpaired) electrons. The first-order valence-electron chi connectivity index (χ1n) is 10.3. The summed E-state index contributed by atoms with van der Waals surface area (Å²) in [7, 11) is 0. The number of ketones is 2. The van der Waals surface area contributed by atoms with E-state index in [0.29, 0.717) is 25.7 Å². The number of hydrogen-bond donors (Lipinski definition) is 4. The number of halogens is 3. The predicted molar refractivity (Wildman–Crippen MR) is 107 cm³/mol. The number of benzene rings is 1. The van der Waals surface area contributed by atoms with Gasteiger partial charge >= 0.3 is 12.1 Å². The fraction of sp³-hybridized carbons (Fsp3) is 0.409. The van der Waals surface area contributed by atoms with Gasteiger partial charge in [-0.25, -0.2) is 4.79 Å². The average molecular weight is 466 g/mol. The molecule has 0 bridgehead atoms. The Morgan fingerprint density at radius 2 is 1.73 bits per heavy atom. The van der Waals surface area contributed by atoms with Crippen LogP contribution in [0.1, 0.15) is 46.4 Å². The van der Waals surface area contributed by atoms with Crippen molar-refractivity contribution < 1.29 is 42.5 Å². The highest BCUT2D eigenvalue weighted by Gasteiger charge is 2.51. The van der Waals surface area contributed by atoms with Crippen molar-refractivity contribution >= 4 is 17.5 Å². The lowest BCUT2D eigenvalue weighted by molar-refractivity contribution is -0.195. The number of nitrogens with two attached hydrogens (primary N) is 1. The maximum absolute atomic E-state index is 13.3. The summed E-state index contributed by atoms with van der Waals surface area (Å²) < 4.78 is 42.7. The quantitative estimate of drug-likeness (QED) is 0.499. The molecule has 2 unspecified atom stereocenters. The SMILES string of the molecule is NC1CCC(NC2=CC(OC(=O)C(F)(F)F)=C(O)C3C(=O)c4cccc(O)c4C(=O)C23)CC1. The number of carbonyl (C=O) groups is 3. The molecule has 3 aliphatic carbocycles. The number of aliphatic hydroxyl groups excluding tert-OH is 1. The van der Waals surface area contributed by atoms with E-state index in [0.717, 1.165) is 6.08 Å². The van der Waals surface area contributed by atoms with Crippen molar-refractivity contribution in [1.82, 2.24) is 5.32 Å². The molecule has 33 heavy (non-hydrogen) atoms. The van der Waals surface area contributed by atoms with Gasteiger partial charge in [-0.2, -0.15) is 13.2 Å². The first-order valence-corrected chi connectivity index (χ1v) is 10.3. The van der Waals surface area contributed by atoms with E-state index in [1.165, 1.54) is 18.2 Å². The minimum atomic E-state index is -5.34. The van der Waals surface area contributed by atoms with Crippen LogP contribution in [0.3, 0.4) is 0 Å². The van der Waals surface area contributed by atoms with E-state index in [-0.39, 0.29) is 28.9 Å². The Kier molecular flexibility index (Phi) is 5.69. The number of rotatable bonds is 3. The number of allylic oxidation sites excluding steroid dienone is 3. The van der Waals surface area contributed by atoms with E-state index in [1.54, 1.807) is 0 Å². The first kappa shape index (κ1) is 22.8. The molecule has 1 aromatic rings. The van der Waals surface area contributed by atoms with Gasteiger partial charge in [0.25, 0.3) is 0 Å². The van der Waals surface area contributed by atoms with Gasteiger partial charge in [0.1, 0.15) is 11.5 Å². The molecule has 0 spiro atoms. The molecule has 0 heterocycles. The number of Topliss-reactive ketones (excluding diaryl/α,β-unsaturated/α-hetero) is 2. The van der Waals surface area contributed by atoms with Gasteiger partial charge in [-0.15, -0.1) is 0 Å². The summed E-state index contributed by atoms with van der Waals surface area (Å²) in [6.07, 6.45) is -1.85. The summed E-state index contributed by atoms with van der Waals surface area (Å²) in [5.74, 6) is -9.24. The maximum Gasteiger partial charge on any atom is 0.491 e. The molecule has 8 nitrogen and oxygen atoms in total. The summed E-state index contributed by atoms with van der Waals surface area (Å²) in [6, 6.07) is 3.64. The number of aromatic hydroxyl groups is 1. The highest BCUT2D eigenvalue weighted by atomic mass is 19.4. The largest absolute Gasteiger partial charge is 0.508 e. The molecule has 2 atom stereocenters. The molecule has 5 N–H and O–H groups in total. The Morgan fingerprint density at radius 3 is 2.36 bits per heavy atom. The Morgan fingerprint density at radius 1 is 1.06 bits per heavy atom. The van der Waals surface area contributed by atoms with Gasteiger partial charge in [0.2, 0.25) is 0 Å². The lowest BCUT2D eigenvalue weighted by Crippen LogP contribution is -2.47. The zero-order chi connectivity index (χ0) is 24.1. The molecule has 1 aromatic carbocycles. The average Bonchev–Trinajstić information content (AvgIpc) is 2.74. The van der Waals surface area contributed by atoms with Crippen LogP contribution in [0.4, 0.5) is 13.2 Å². The van der Waals surface area contributed by atoms with Crippen molar-refractivity contribution in [3.05, 3.63) is 52.6 Å². The van der Waals surface area contributed by atoms with Crippen LogP contribution in [-0.4, -0.2) is 46.0 Å². The molecule has 0 saturated heterocycles. The third kappa shape index (κ3) is 4.08. The van der Waals surface area contributed by atoms with Gasteiger partial charge in [0.05, 0.1) is 17.4 Å². The second-order valence-corrected chi connectivity index (χ2v) is 8.38. The fourth-order valence-corrected chi connectivity index (χ4v) is 4.56. The van der Waals surface area contributed by atoms with Crippen LogP contribution < -0.4 is 11.1 Å². The van der Waals surface area contributed by atoms with E-state index in [2.05, 4.69) is 10.1 Å². The van der Waals surface area contributed by atoms with Crippen molar-refractivity contribution in [2.75, 3.05) is 0 Å². The normalized spacial score (nSPS) is 27.5. The summed E-state index contributed by atoms with van der Waals surface area (Å²) in [5, 5.41) is 23.9. The topological polar surface area (TPSA) is 139 Å². The van der Waals surface area contributed by atoms with Crippen LogP contribution >= 0.6 is 0 Å². The molecule has 1 saturated carbocycles. The van der Waals surface area contributed by atoms with Crippen molar-refractivity contribution in [1.29, 1.82) is 0 Å². The van der Waals surface area contributed by atoms with E-state index >= 15 is 0 Å². The zero-order valence-electron chi connectivity index (χ0n) is 17.2. The van der Waals surface area contributed by atoms with Gasteiger partial charge in [-0.1, -0.05) is 12.1 Å². The van der Waals surface area contributed by atoms with Gasteiger partial charge in [-0.3, -0.25) is 9.59 Å². The Bertz CT molecular complexity index is 1090. The minimum Gasteiger partial charge on any atom is -0.508 e. The van der Waals surface area contributed by atoms with E-state index in [1.807, 2.05) is 0 Å². The molecule has 1 fully saturated rings. The van der Waals surface area contributed by atoms with Crippen molar-refractivity contribution in [3.63, 3.8) is 0 Å². The van der Waals surface area contributed by atoms with Crippen LogP contribution in [0.5, 0.6) is 5.75 Å². The number of nitrogens with one attached hydrogen (secondary N) is 1. The number of ether oxygens (including phenoxy) is 1. The molecule has 176 valence electrons. The summed E-state index contributed by atoms with van der Waals surface area (Å²) in [5.41, 5.74) is 5.52. The number of phenolic OH excluding ortho intramolecular Hbond substituents is 1. The number of hydrogen-bond acceptors (Lipinski definition) is 8. The number of carbonyl (C=O) groups excluding carboxylic acids is 3. The van der Waals surface area contributed by atoms with Crippen molar-refractivity contribution in [2.45, 2.75) is 43.9 Å². The highest BCUT2D eigenvalue weighted by Crippen LogP contribution is 2.44. The minimum absolute atomic E-state index is 0.00471. The van der Waals surface area contributed by atoms with Crippen molar-refractivity contribution in [2.24, 2.45) is 17.6 Å². The van der Waals surface area contributed by atoms with Crippen LogP contribution in [0, 0.1) is 11.8 Å². The monoisotopic (exact) mass is 466 g/mol. The lowest BCUT2D eigenvalue weighted by Gasteiger charge is -2.38. The Labute approximate surface area is 185 Å². The van der Waals surface area contributed by atoms with Crippen molar-refractivity contribution in [3.8, 4) is 5.75 Å². The summed E-state index contributed by atoms with van der Waals surface area (Å²) >= 11 is 0. The third-order valence-corrected chi connectivity index (χ3v) is 6.20. The number of fused-ring (bicyclic) bond motifs is 2. The lowest BCUT2D eigenvalue weighted by atomic mass is 9.69. The molecule has 4 rings (SSSR count). The maximum atomic E-state index is 13.3. The zero-order valence-corrected chi connectivity index (χ0v) is 17.2. The summed E-state index contributed by atoms with van der Waals surface area (Å²) in [6.45, 7) is 0. The summed E-state index contributed by atoms with van der Waals surface area (Å²) in [4.78, 5) is 37.9. The van der Waals surface area contributed by atoms with E-state index in [9.17, 15) is 37.8 Å². The highest BCUT2D eigenvalue weighted by molar-refractivity contribution is 6.19. The molecular formula is C22H21F3N2O6. The standard InChI is InChI=1S/C22H21F3N2O6/c23-22(24,25)21(32)33-14-8-12(27-10-6-4-9(26)5-7-10)16-17(19(14)30)18(29)11-2-1-3-13(28)15(11)20(16)31/h1-3,8-10,16-17,27-28,30H,4-7,26H2. The van der Waals surface area contributed by atoms with Gasteiger partial charge in [0, 0.05) is 29.4 Å². The predicted octanol–water partition coefficient (Wildman–Crippen LogP) is 2.64. The smallest absolute Gasteiger partial charge is 0.491 e. The Hall–Kier alpha value is -3.34. The number of esters is 1. The molecule has 0 amide bonds. The number of phenols is 1. The van der Waals surface area contributed by atoms with Gasteiger partial charge < -0.3 is 26.0 Å². The molecule has 3 aliphatic rings. The van der Waals surface area contributed by atoms with E-state index < -0.39 is 52.8 Å². The molecule has 0 aliphatic heterocycles. The van der Waals surface area contributed by atoms with Gasteiger partial charge in [0.15, 0.2) is 17.3 Å². The second kappa shape index (κ2) is 8.22. The Balaban J connectivity index is 1.78.